The smallest absolute Gasteiger partial charge is 0.306 e. The van der Waals surface area contributed by atoms with Crippen LogP contribution in [0.25, 0.3) is 0 Å². The van der Waals surface area contributed by atoms with Crippen molar-refractivity contribution in [3.05, 3.63) is 0 Å². The van der Waals surface area contributed by atoms with Crippen LogP contribution in [-0.4, -0.2) is 74.7 Å². The molecule has 16 heavy (non-hydrogen) atoms. The number of piperazine rings is 1. The predicted octanol–water partition coefficient (Wildman–Crippen LogP) is -0.861. The number of rotatable bonds is 4. The summed E-state index contributed by atoms with van der Waals surface area (Å²) in [4.78, 5) is 15.9. The number of carbonyl (C=O) groups is 1. The molecule has 2 fully saturated rings. The fraction of sp³-hybridized carbons (Fsp3) is 0.909. The van der Waals surface area contributed by atoms with Crippen molar-refractivity contribution in [3.63, 3.8) is 0 Å². The molecule has 0 bridgehead atoms. The average molecular weight is 227 g/mol. The second-order valence-corrected chi connectivity index (χ2v) is 4.52. The van der Waals surface area contributed by atoms with Crippen LogP contribution in [0, 0.1) is 0 Å². The molecular weight excluding hydrogens is 206 g/mol. The van der Waals surface area contributed by atoms with Crippen LogP contribution in [0.4, 0.5) is 0 Å². The van der Waals surface area contributed by atoms with Crippen molar-refractivity contribution in [1.29, 1.82) is 0 Å². The van der Waals surface area contributed by atoms with E-state index in [1.807, 2.05) is 0 Å². The van der Waals surface area contributed by atoms with E-state index in [1.54, 1.807) is 0 Å². The number of methoxy groups -OCH3 is 1. The summed E-state index contributed by atoms with van der Waals surface area (Å²) in [5.74, 6) is -0.106. The van der Waals surface area contributed by atoms with Crippen LogP contribution in [-0.2, 0) is 9.53 Å². The maximum atomic E-state index is 11.0. The number of esters is 1. The first kappa shape index (κ1) is 11.8. The molecule has 0 aromatic heterocycles. The number of hydrogen-bond acceptors (Lipinski definition) is 5. The SMILES string of the molecule is COC(=O)CCN1CCN(C2CNC2)CC1. The molecule has 92 valence electrons. The van der Waals surface area contributed by atoms with E-state index < -0.39 is 0 Å². The maximum Gasteiger partial charge on any atom is 0.306 e. The highest BCUT2D eigenvalue weighted by molar-refractivity contribution is 5.69. The van der Waals surface area contributed by atoms with Crippen LogP contribution < -0.4 is 5.32 Å². The average Bonchev–Trinajstić information content (AvgIpc) is 2.25. The Labute approximate surface area is 96.7 Å². The molecule has 0 atom stereocenters. The van der Waals surface area contributed by atoms with Gasteiger partial charge in [0.25, 0.3) is 0 Å². The normalized spacial score (nSPS) is 24.1. The third-order valence-corrected chi connectivity index (χ3v) is 3.54. The van der Waals surface area contributed by atoms with E-state index in [1.165, 1.54) is 7.11 Å². The van der Waals surface area contributed by atoms with Crippen LogP contribution in [0.2, 0.25) is 0 Å². The summed E-state index contributed by atoms with van der Waals surface area (Å²) in [5.41, 5.74) is 0. The first-order chi connectivity index (χ1) is 7.79. The fourth-order valence-electron chi connectivity index (χ4n) is 2.24. The second kappa shape index (κ2) is 5.61. The van der Waals surface area contributed by atoms with Gasteiger partial charge in [0.2, 0.25) is 0 Å². The Hall–Kier alpha value is -0.650. The topological polar surface area (TPSA) is 44.8 Å². The Bertz CT molecular complexity index is 235. The van der Waals surface area contributed by atoms with Gasteiger partial charge in [0, 0.05) is 51.9 Å². The Kier molecular flexibility index (Phi) is 4.15. The third kappa shape index (κ3) is 2.93. The summed E-state index contributed by atoms with van der Waals surface area (Å²) in [6.45, 7) is 7.54. The molecule has 1 N–H and O–H groups in total. The van der Waals surface area contributed by atoms with Gasteiger partial charge in [-0.25, -0.2) is 0 Å². The molecule has 0 unspecified atom stereocenters. The van der Waals surface area contributed by atoms with E-state index in [0.717, 1.165) is 51.9 Å². The lowest BCUT2D eigenvalue weighted by Crippen LogP contribution is -2.61. The zero-order valence-electron chi connectivity index (χ0n) is 9.95. The molecular formula is C11H21N3O2. The lowest BCUT2D eigenvalue weighted by atomic mass is 10.1. The van der Waals surface area contributed by atoms with Crippen LogP contribution >= 0.6 is 0 Å². The van der Waals surface area contributed by atoms with Crippen molar-refractivity contribution >= 4 is 5.97 Å². The second-order valence-electron chi connectivity index (χ2n) is 4.52. The quantitative estimate of drug-likeness (QED) is 0.633. The van der Waals surface area contributed by atoms with E-state index in [-0.39, 0.29) is 5.97 Å². The van der Waals surface area contributed by atoms with E-state index in [4.69, 9.17) is 0 Å². The van der Waals surface area contributed by atoms with Gasteiger partial charge < -0.3 is 15.0 Å². The fourth-order valence-corrected chi connectivity index (χ4v) is 2.24. The van der Waals surface area contributed by atoms with Crippen LogP contribution in [0.3, 0.4) is 0 Å². The summed E-state index contributed by atoms with van der Waals surface area (Å²) in [6.07, 6.45) is 0.515. The highest BCUT2D eigenvalue weighted by atomic mass is 16.5. The molecule has 5 heteroatoms. The molecule has 2 aliphatic rings. The molecule has 0 aromatic carbocycles. The molecule has 2 saturated heterocycles. The lowest BCUT2D eigenvalue weighted by molar-refractivity contribution is -0.141. The molecule has 2 aliphatic heterocycles. The summed E-state index contributed by atoms with van der Waals surface area (Å²) in [6, 6.07) is 0.753. The first-order valence-electron chi connectivity index (χ1n) is 6.03. The van der Waals surface area contributed by atoms with Gasteiger partial charge in [-0.15, -0.1) is 0 Å². The van der Waals surface area contributed by atoms with Crippen LogP contribution in [0.15, 0.2) is 0 Å². The summed E-state index contributed by atoms with van der Waals surface area (Å²) < 4.78 is 4.64. The highest BCUT2D eigenvalue weighted by Gasteiger charge is 2.27. The molecule has 0 aliphatic carbocycles. The predicted molar refractivity (Wildman–Crippen MR) is 61.3 cm³/mol. The van der Waals surface area contributed by atoms with Gasteiger partial charge in [-0.05, 0) is 0 Å². The van der Waals surface area contributed by atoms with Gasteiger partial charge >= 0.3 is 5.97 Å². The number of nitrogens with one attached hydrogen (secondary N) is 1. The Morgan fingerprint density at radius 3 is 2.50 bits per heavy atom. The number of ether oxygens (including phenoxy) is 1. The standard InChI is InChI=1S/C11H21N3O2/c1-16-11(15)2-3-13-4-6-14(7-5-13)10-8-12-9-10/h10,12H,2-9H2,1H3. The van der Waals surface area contributed by atoms with Gasteiger partial charge in [0.05, 0.1) is 13.5 Å². The Balaban J connectivity index is 1.62. The Morgan fingerprint density at radius 2 is 2.00 bits per heavy atom. The van der Waals surface area contributed by atoms with Crippen molar-refractivity contribution in [2.45, 2.75) is 12.5 Å². The molecule has 0 saturated carbocycles. The molecule has 0 spiro atoms. The molecule has 2 rings (SSSR count). The third-order valence-electron chi connectivity index (χ3n) is 3.54. The van der Waals surface area contributed by atoms with Crippen LogP contribution in [0.1, 0.15) is 6.42 Å². The molecule has 5 nitrogen and oxygen atoms in total. The summed E-state index contributed by atoms with van der Waals surface area (Å²) in [5, 5.41) is 3.30. The van der Waals surface area contributed by atoms with Crippen molar-refractivity contribution in [2.75, 3.05) is 52.9 Å². The van der Waals surface area contributed by atoms with E-state index in [9.17, 15) is 4.79 Å². The summed E-state index contributed by atoms with van der Waals surface area (Å²) in [7, 11) is 1.45. The number of carbonyl (C=O) groups excluding carboxylic acids is 1. The van der Waals surface area contributed by atoms with Crippen molar-refractivity contribution in [1.82, 2.24) is 15.1 Å². The monoisotopic (exact) mass is 227 g/mol. The van der Waals surface area contributed by atoms with Crippen molar-refractivity contribution < 1.29 is 9.53 Å². The zero-order valence-corrected chi connectivity index (χ0v) is 9.95. The van der Waals surface area contributed by atoms with Crippen LogP contribution in [0.5, 0.6) is 0 Å². The Morgan fingerprint density at radius 1 is 1.31 bits per heavy atom. The van der Waals surface area contributed by atoms with Gasteiger partial charge in [0.15, 0.2) is 0 Å². The zero-order chi connectivity index (χ0) is 11.4. The maximum absolute atomic E-state index is 11.0. The molecule has 0 radical (unpaired) electrons. The number of hydrogen-bond donors (Lipinski definition) is 1. The summed E-state index contributed by atoms with van der Waals surface area (Å²) >= 11 is 0. The van der Waals surface area contributed by atoms with Crippen molar-refractivity contribution in [3.8, 4) is 0 Å². The van der Waals surface area contributed by atoms with E-state index in [0.29, 0.717) is 6.42 Å². The van der Waals surface area contributed by atoms with Gasteiger partial charge in [-0.3, -0.25) is 9.69 Å². The van der Waals surface area contributed by atoms with Crippen molar-refractivity contribution in [2.24, 2.45) is 0 Å². The van der Waals surface area contributed by atoms with Gasteiger partial charge in [-0.2, -0.15) is 0 Å². The minimum Gasteiger partial charge on any atom is -0.469 e. The molecule has 0 aromatic rings. The largest absolute Gasteiger partial charge is 0.469 e. The van der Waals surface area contributed by atoms with E-state index in [2.05, 4.69) is 19.9 Å². The highest BCUT2D eigenvalue weighted by Crippen LogP contribution is 2.09. The lowest BCUT2D eigenvalue weighted by Gasteiger charge is -2.43. The van der Waals surface area contributed by atoms with Gasteiger partial charge in [-0.1, -0.05) is 0 Å². The van der Waals surface area contributed by atoms with Gasteiger partial charge in [0.1, 0.15) is 0 Å². The molecule has 2 heterocycles. The van der Waals surface area contributed by atoms with E-state index >= 15 is 0 Å². The minimum absolute atomic E-state index is 0.106. The molecule has 0 amide bonds. The number of nitrogens with zero attached hydrogens (tertiary/aromatic N) is 2. The first-order valence-corrected chi connectivity index (χ1v) is 6.03. The minimum atomic E-state index is -0.106.